The van der Waals surface area contributed by atoms with Crippen LogP contribution in [0.4, 0.5) is 17.1 Å². The first-order valence-corrected chi connectivity index (χ1v) is 10.2. The van der Waals surface area contributed by atoms with E-state index in [4.69, 9.17) is 4.74 Å². The number of para-hydroxylation sites is 2. The molecule has 1 aliphatic heterocycles. The highest BCUT2D eigenvalue weighted by atomic mass is 16.5. The molecule has 31 heavy (non-hydrogen) atoms. The molecule has 0 saturated carbocycles. The molecule has 2 aromatic rings. The summed E-state index contributed by atoms with van der Waals surface area (Å²) in [5.41, 5.74) is 4.10. The van der Waals surface area contributed by atoms with Gasteiger partial charge in [-0.25, -0.2) is 0 Å². The molecule has 1 aliphatic rings. The van der Waals surface area contributed by atoms with E-state index in [1.165, 1.54) is 4.90 Å². The van der Waals surface area contributed by atoms with E-state index in [-0.39, 0.29) is 37.4 Å². The van der Waals surface area contributed by atoms with Crippen molar-refractivity contribution in [1.29, 1.82) is 0 Å². The minimum Gasteiger partial charge on any atom is -0.383 e. The van der Waals surface area contributed by atoms with Gasteiger partial charge in [0, 0.05) is 19.3 Å². The first-order valence-electron chi connectivity index (χ1n) is 10.2. The average Bonchev–Trinajstić information content (AvgIpc) is 2.74. The molecule has 1 heterocycles. The number of amides is 3. The van der Waals surface area contributed by atoms with Crippen molar-refractivity contribution < 1.29 is 19.1 Å². The van der Waals surface area contributed by atoms with E-state index in [9.17, 15) is 14.4 Å². The molecule has 0 spiro atoms. The van der Waals surface area contributed by atoms with Crippen molar-refractivity contribution in [1.82, 2.24) is 4.90 Å². The quantitative estimate of drug-likeness (QED) is 0.678. The maximum Gasteiger partial charge on any atom is 0.244 e. The zero-order valence-electron chi connectivity index (χ0n) is 18.1. The molecule has 2 aromatic carbocycles. The number of aryl methyl sites for hydroxylation is 1. The number of anilines is 3. The summed E-state index contributed by atoms with van der Waals surface area (Å²) in [7, 11) is 1.57. The van der Waals surface area contributed by atoms with Crippen LogP contribution in [0.3, 0.4) is 0 Å². The van der Waals surface area contributed by atoms with Gasteiger partial charge in [0.1, 0.15) is 6.54 Å². The largest absolute Gasteiger partial charge is 0.383 e. The monoisotopic (exact) mass is 424 g/mol. The highest BCUT2D eigenvalue weighted by Crippen LogP contribution is 2.29. The molecule has 0 aromatic heterocycles. The Labute approximate surface area is 182 Å². The standard InChI is InChI=1S/C23H28N4O4/c1-16-7-6-9-18(17(16)2)24-21(28)13-26(11-12-31-3)15-23(30)27-14-22(29)25-19-8-4-5-10-20(19)27/h4-10H,11-15H2,1-3H3,(H,24,28)(H,25,29). The molecule has 0 aliphatic carbocycles. The molecule has 164 valence electrons. The van der Waals surface area contributed by atoms with Crippen LogP contribution in [0.1, 0.15) is 11.1 Å². The van der Waals surface area contributed by atoms with Gasteiger partial charge in [0.05, 0.1) is 31.1 Å². The van der Waals surface area contributed by atoms with Gasteiger partial charge in [0.15, 0.2) is 0 Å². The van der Waals surface area contributed by atoms with Gasteiger partial charge in [-0.05, 0) is 43.2 Å². The Bertz CT molecular complexity index is 976. The molecule has 0 bridgehead atoms. The SMILES string of the molecule is COCCN(CC(=O)Nc1cccc(C)c1C)CC(=O)N1CC(=O)Nc2ccccc21. The number of benzene rings is 2. The minimum atomic E-state index is -0.252. The second-order valence-electron chi connectivity index (χ2n) is 7.54. The number of carbonyl (C=O) groups is 3. The Balaban J connectivity index is 1.69. The van der Waals surface area contributed by atoms with Crippen molar-refractivity contribution in [3.8, 4) is 0 Å². The lowest BCUT2D eigenvalue weighted by molar-refractivity contribution is -0.124. The summed E-state index contributed by atoms with van der Waals surface area (Å²) in [4.78, 5) is 40.9. The molecule has 8 heteroatoms. The predicted molar refractivity (Wildman–Crippen MR) is 120 cm³/mol. The number of methoxy groups -OCH3 is 1. The summed E-state index contributed by atoms with van der Waals surface area (Å²) in [6, 6.07) is 12.9. The number of nitrogens with zero attached hydrogens (tertiary/aromatic N) is 2. The summed E-state index contributed by atoms with van der Waals surface area (Å²) in [6.45, 7) is 4.69. The maximum atomic E-state index is 13.1. The van der Waals surface area contributed by atoms with Crippen LogP contribution in [0.5, 0.6) is 0 Å². The molecule has 0 unspecified atom stereocenters. The van der Waals surface area contributed by atoms with Crippen molar-refractivity contribution >= 4 is 34.8 Å². The van der Waals surface area contributed by atoms with Crippen LogP contribution in [0.2, 0.25) is 0 Å². The third kappa shape index (κ3) is 5.68. The number of hydrogen-bond donors (Lipinski definition) is 2. The van der Waals surface area contributed by atoms with Gasteiger partial charge in [-0.3, -0.25) is 24.2 Å². The van der Waals surface area contributed by atoms with Gasteiger partial charge in [0.2, 0.25) is 17.7 Å². The van der Waals surface area contributed by atoms with Crippen molar-refractivity contribution in [2.24, 2.45) is 0 Å². The summed E-state index contributed by atoms with van der Waals surface area (Å²) in [5, 5.41) is 5.69. The summed E-state index contributed by atoms with van der Waals surface area (Å²) in [5.74, 6) is -0.713. The Morgan fingerprint density at radius 2 is 1.90 bits per heavy atom. The average molecular weight is 425 g/mol. The van der Waals surface area contributed by atoms with E-state index in [2.05, 4.69) is 10.6 Å². The number of hydrogen-bond acceptors (Lipinski definition) is 5. The normalized spacial score (nSPS) is 13.0. The zero-order chi connectivity index (χ0) is 22.4. The maximum absolute atomic E-state index is 13.1. The van der Waals surface area contributed by atoms with Gasteiger partial charge in [-0.2, -0.15) is 0 Å². The molecule has 0 saturated heterocycles. The lowest BCUT2D eigenvalue weighted by Gasteiger charge is -2.31. The predicted octanol–water partition coefficient (Wildman–Crippen LogP) is 2.18. The number of carbonyl (C=O) groups excluding carboxylic acids is 3. The molecule has 0 fully saturated rings. The number of fused-ring (bicyclic) bond motifs is 1. The van der Waals surface area contributed by atoms with E-state index in [1.807, 2.05) is 38.1 Å². The molecule has 0 atom stereocenters. The summed E-state index contributed by atoms with van der Waals surface area (Å²) >= 11 is 0. The zero-order valence-corrected chi connectivity index (χ0v) is 18.1. The first kappa shape index (κ1) is 22.5. The van der Waals surface area contributed by atoms with Crippen LogP contribution < -0.4 is 15.5 Å². The molecule has 0 radical (unpaired) electrons. The molecule has 3 rings (SSSR count). The summed E-state index contributed by atoms with van der Waals surface area (Å²) in [6.07, 6.45) is 0. The van der Waals surface area contributed by atoms with Gasteiger partial charge in [0.25, 0.3) is 0 Å². The Morgan fingerprint density at radius 1 is 1.13 bits per heavy atom. The van der Waals surface area contributed by atoms with Crippen molar-refractivity contribution in [3.63, 3.8) is 0 Å². The molecular weight excluding hydrogens is 396 g/mol. The highest BCUT2D eigenvalue weighted by molar-refractivity contribution is 6.10. The Kier molecular flexibility index (Phi) is 7.38. The van der Waals surface area contributed by atoms with Crippen molar-refractivity contribution in [2.45, 2.75) is 13.8 Å². The number of rotatable bonds is 8. The van der Waals surface area contributed by atoms with Gasteiger partial charge >= 0.3 is 0 Å². The van der Waals surface area contributed by atoms with Crippen molar-refractivity contribution in [2.75, 3.05) is 55.4 Å². The lowest BCUT2D eigenvalue weighted by Crippen LogP contribution is -2.48. The van der Waals surface area contributed by atoms with Crippen LogP contribution in [0.15, 0.2) is 42.5 Å². The van der Waals surface area contributed by atoms with E-state index in [0.29, 0.717) is 24.5 Å². The van der Waals surface area contributed by atoms with E-state index < -0.39 is 0 Å². The smallest absolute Gasteiger partial charge is 0.244 e. The number of nitrogens with one attached hydrogen (secondary N) is 2. The highest BCUT2D eigenvalue weighted by Gasteiger charge is 2.28. The van der Waals surface area contributed by atoms with Crippen LogP contribution in [0.25, 0.3) is 0 Å². The van der Waals surface area contributed by atoms with Gasteiger partial charge in [-0.15, -0.1) is 0 Å². The second-order valence-corrected chi connectivity index (χ2v) is 7.54. The molecule has 8 nitrogen and oxygen atoms in total. The van der Waals surface area contributed by atoms with E-state index >= 15 is 0 Å². The van der Waals surface area contributed by atoms with Crippen LogP contribution in [0, 0.1) is 13.8 Å². The third-order valence-corrected chi connectivity index (χ3v) is 5.29. The Hall–Kier alpha value is -3.23. The van der Waals surface area contributed by atoms with Gasteiger partial charge in [-0.1, -0.05) is 24.3 Å². The van der Waals surface area contributed by atoms with E-state index in [1.54, 1.807) is 30.2 Å². The Morgan fingerprint density at radius 3 is 2.68 bits per heavy atom. The lowest BCUT2D eigenvalue weighted by atomic mass is 10.1. The number of ether oxygens (including phenoxy) is 1. The fourth-order valence-electron chi connectivity index (χ4n) is 3.45. The van der Waals surface area contributed by atoms with Crippen molar-refractivity contribution in [3.05, 3.63) is 53.6 Å². The fourth-order valence-corrected chi connectivity index (χ4v) is 3.45. The van der Waals surface area contributed by atoms with Gasteiger partial charge < -0.3 is 15.4 Å². The third-order valence-electron chi connectivity index (χ3n) is 5.29. The van der Waals surface area contributed by atoms with Crippen LogP contribution >= 0.6 is 0 Å². The fraction of sp³-hybridized carbons (Fsp3) is 0.348. The summed E-state index contributed by atoms with van der Waals surface area (Å²) < 4.78 is 5.14. The molecular formula is C23H28N4O4. The van der Waals surface area contributed by atoms with Crippen LogP contribution in [-0.2, 0) is 19.1 Å². The minimum absolute atomic E-state index is 0.00874. The molecule has 3 amide bonds. The molecule has 2 N–H and O–H groups in total. The topological polar surface area (TPSA) is 91.0 Å². The van der Waals surface area contributed by atoms with E-state index in [0.717, 1.165) is 16.8 Å². The van der Waals surface area contributed by atoms with Crippen LogP contribution in [-0.4, -0.2) is 62.5 Å². The first-order chi connectivity index (χ1) is 14.9. The second kappa shape index (κ2) is 10.2.